The Morgan fingerprint density at radius 1 is 1.47 bits per heavy atom. The lowest BCUT2D eigenvalue weighted by Crippen LogP contribution is -2.41. The number of nitrogens with zero attached hydrogens (tertiary/aromatic N) is 3. The molecule has 2 rings (SSSR count). The van der Waals surface area contributed by atoms with Crippen LogP contribution in [0.4, 0.5) is 0 Å². The lowest BCUT2D eigenvalue weighted by atomic mass is 9.98. The molecule has 1 aromatic rings. The molecule has 0 bridgehead atoms. The summed E-state index contributed by atoms with van der Waals surface area (Å²) in [5.41, 5.74) is 0. The molecule has 0 aliphatic carbocycles. The third-order valence-electron chi connectivity index (χ3n) is 3.55. The van der Waals surface area contributed by atoms with Crippen LogP contribution in [0.3, 0.4) is 0 Å². The molecule has 1 atom stereocenters. The van der Waals surface area contributed by atoms with Crippen molar-refractivity contribution in [1.29, 1.82) is 0 Å². The van der Waals surface area contributed by atoms with Gasteiger partial charge in [0.05, 0.1) is 12.9 Å². The molecular formula is C13H22N4O2. The molecule has 1 aliphatic heterocycles. The normalized spacial score (nSPS) is 20.5. The number of imidazole rings is 1. The zero-order valence-electron chi connectivity index (χ0n) is 11.2. The number of nitrogens with one attached hydrogen (secondary N) is 1. The fraction of sp³-hybridized carbons (Fsp3) is 0.692. The summed E-state index contributed by atoms with van der Waals surface area (Å²) >= 11 is 0. The number of carboxylic acids is 1. The van der Waals surface area contributed by atoms with Gasteiger partial charge in [-0.05, 0) is 31.8 Å². The largest absolute Gasteiger partial charge is 0.480 e. The van der Waals surface area contributed by atoms with Crippen LogP contribution in [0.1, 0.15) is 12.8 Å². The summed E-state index contributed by atoms with van der Waals surface area (Å²) in [6, 6.07) is 0. The average molecular weight is 266 g/mol. The lowest BCUT2D eigenvalue weighted by molar-refractivity contribution is -0.136. The van der Waals surface area contributed by atoms with Crippen molar-refractivity contribution in [2.75, 3.05) is 32.7 Å². The van der Waals surface area contributed by atoms with Crippen LogP contribution in [0, 0.1) is 5.92 Å². The monoisotopic (exact) mass is 266 g/mol. The molecule has 1 aliphatic rings. The molecule has 0 saturated carbocycles. The van der Waals surface area contributed by atoms with Crippen LogP contribution in [-0.2, 0) is 11.3 Å². The number of carbonyl (C=O) groups is 1. The van der Waals surface area contributed by atoms with Gasteiger partial charge in [-0.25, -0.2) is 4.98 Å². The molecule has 1 saturated heterocycles. The van der Waals surface area contributed by atoms with Gasteiger partial charge in [0.25, 0.3) is 0 Å². The van der Waals surface area contributed by atoms with E-state index in [4.69, 9.17) is 5.11 Å². The van der Waals surface area contributed by atoms with Crippen LogP contribution in [-0.4, -0.2) is 58.3 Å². The fourth-order valence-electron chi connectivity index (χ4n) is 2.58. The molecular weight excluding hydrogens is 244 g/mol. The van der Waals surface area contributed by atoms with Gasteiger partial charge < -0.3 is 19.9 Å². The molecule has 0 amide bonds. The maximum absolute atomic E-state index is 10.5. The van der Waals surface area contributed by atoms with Crippen LogP contribution in [0.25, 0.3) is 0 Å². The van der Waals surface area contributed by atoms with Gasteiger partial charge in [0, 0.05) is 32.0 Å². The van der Waals surface area contributed by atoms with E-state index in [9.17, 15) is 4.79 Å². The first kappa shape index (κ1) is 14.0. The molecule has 0 aromatic carbocycles. The summed E-state index contributed by atoms with van der Waals surface area (Å²) in [7, 11) is 0. The van der Waals surface area contributed by atoms with E-state index >= 15 is 0 Å². The lowest BCUT2D eigenvalue weighted by Gasteiger charge is -2.32. The highest BCUT2D eigenvalue weighted by Crippen LogP contribution is 2.15. The first-order valence-electron chi connectivity index (χ1n) is 6.84. The van der Waals surface area contributed by atoms with Crippen molar-refractivity contribution in [3.05, 3.63) is 18.7 Å². The van der Waals surface area contributed by atoms with Crippen molar-refractivity contribution < 1.29 is 9.90 Å². The molecule has 1 fully saturated rings. The third-order valence-corrected chi connectivity index (χ3v) is 3.55. The number of hydrogen-bond acceptors (Lipinski definition) is 4. The molecule has 106 valence electrons. The number of likely N-dealkylation sites (tertiary alicyclic amines) is 1. The fourth-order valence-corrected chi connectivity index (χ4v) is 2.58. The molecule has 0 spiro atoms. The van der Waals surface area contributed by atoms with Gasteiger partial charge >= 0.3 is 5.97 Å². The zero-order valence-corrected chi connectivity index (χ0v) is 11.2. The number of carboxylic acid groups (broad SMARTS) is 1. The van der Waals surface area contributed by atoms with Gasteiger partial charge in [-0.3, -0.25) is 4.79 Å². The quantitative estimate of drug-likeness (QED) is 0.741. The van der Waals surface area contributed by atoms with Crippen molar-refractivity contribution in [2.24, 2.45) is 5.92 Å². The topological polar surface area (TPSA) is 70.4 Å². The molecule has 0 radical (unpaired) electrons. The molecule has 1 aromatic heterocycles. The van der Waals surface area contributed by atoms with E-state index in [0.29, 0.717) is 5.92 Å². The molecule has 1 unspecified atom stereocenters. The second kappa shape index (κ2) is 7.25. The molecule has 2 N–H and O–H groups in total. The Balaban J connectivity index is 1.66. The van der Waals surface area contributed by atoms with Crippen molar-refractivity contribution in [3.8, 4) is 0 Å². The second-order valence-corrected chi connectivity index (χ2v) is 5.13. The van der Waals surface area contributed by atoms with Crippen LogP contribution in [0.5, 0.6) is 0 Å². The highest BCUT2D eigenvalue weighted by atomic mass is 16.4. The van der Waals surface area contributed by atoms with E-state index in [2.05, 4.69) is 19.8 Å². The maximum atomic E-state index is 10.5. The summed E-state index contributed by atoms with van der Waals surface area (Å²) < 4.78 is 2.09. The van der Waals surface area contributed by atoms with Crippen molar-refractivity contribution in [2.45, 2.75) is 19.4 Å². The summed E-state index contributed by atoms with van der Waals surface area (Å²) in [4.78, 5) is 16.9. The molecule has 6 nitrogen and oxygen atoms in total. The van der Waals surface area contributed by atoms with Crippen LogP contribution < -0.4 is 5.32 Å². The van der Waals surface area contributed by atoms with Gasteiger partial charge in [0.2, 0.25) is 0 Å². The molecule has 2 heterocycles. The molecule has 6 heteroatoms. The van der Waals surface area contributed by atoms with E-state index in [1.807, 2.05) is 12.5 Å². The Morgan fingerprint density at radius 2 is 2.37 bits per heavy atom. The summed E-state index contributed by atoms with van der Waals surface area (Å²) in [6.45, 7) is 5.06. The number of hydrogen-bond donors (Lipinski definition) is 2. The van der Waals surface area contributed by atoms with Crippen LogP contribution >= 0.6 is 0 Å². The number of rotatable bonds is 7. The Morgan fingerprint density at radius 3 is 3.11 bits per heavy atom. The number of aromatic nitrogens is 2. The standard InChI is InChI=1S/C13H22N4O2/c18-13(19)9-15-8-12-2-1-4-16(10-12)6-7-17-5-3-14-11-17/h3,5,11-12,15H,1-2,4,6-10H2,(H,18,19). The SMILES string of the molecule is O=C(O)CNCC1CCCN(CCn2ccnc2)C1. The first-order chi connectivity index (χ1) is 9.24. The second-order valence-electron chi connectivity index (χ2n) is 5.13. The van der Waals surface area contributed by atoms with Crippen LogP contribution in [0.15, 0.2) is 18.7 Å². The van der Waals surface area contributed by atoms with Gasteiger partial charge in [0.1, 0.15) is 0 Å². The minimum atomic E-state index is -0.784. The summed E-state index contributed by atoms with van der Waals surface area (Å²) in [5, 5.41) is 11.6. The van der Waals surface area contributed by atoms with E-state index in [1.165, 1.54) is 12.8 Å². The average Bonchev–Trinajstić information content (AvgIpc) is 2.89. The van der Waals surface area contributed by atoms with Gasteiger partial charge in [-0.15, -0.1) is 0 Å². The Kier molecular flexibility index (Phi) is 5.35. The highest BCUT2D eigenvalue weighted by Gasteiger charge is 2.19. The Bertz CT molecular complexity index is 380. The van der Waals surface area contributed by atoms with E-state index in [1.54, 1.807) is 6.20 Å². The minimum Gasteiger partial charge on any atom is -0.480 e. The smallest absolute Gasteiger partial charge is 0.317 e. The van der Waals surface area contributed by atoms with Crippen molar-refractivity contribution >= 4 is 5.97 Å². The van der Waals surface area contributed by atoms with Gasteiger partial charge in [-0.2, -0.15) is 0 Å². The maximum Gasteiger partial charge on any atom is 0.317 e. The van der Waals surface area contributed by atoms with Crippen molar-refractivity contribution in [3.63, 3.8) is 0 Å². The number of aliphatic carboxylic acids is 1. The van der Waals surface area contributed by atoms with Gasteiger partial charge in [-0.1, -0.05) is 0 Å². The number of piperidine rings is 1. The van der Waals surface area contributed by atoms with E-state index in [-0.39, 0.29) is 6.54 Å². The predicted molar refractivity (Wildman–Crippen MR) is 71.9 cm³/mol. The van der Waals surface area contributed by atoms with E-state index in [0.717, 1.165) is 32.7 Å². The predicted octanol–water partition coefficient (Wildman–Crippen LogP) is 0.269. The Hall–Kier alpha value is -1.40. The third kappa shape index (κ3) is 5.00. The summed E-state index contributed by atoms with van der Waals surface area (Å²) in [5.74, 6) is -0.219. The van der Waals surface area contributed by atoms with E-state index < -0.39 is 5.97 Å². The van der Waals surface area contributed by atoms with Gasteiger partial charge in [0.15, 0.2) is 0 Å². The molecule has 19 heavy (non-hydrogen) atoms. The van der Waals surface area contributed by atoms with Crippen molar-refractivity contribution in [1.82, 2.24) is 19.8 Å². The van der Waals surface area contributed by atoms with Crippen LogP contribution in [0.2, 0.25) is 0 Å². The summed E-state index contributed by atoms with van der Waals surface area (Å²) in [6.07, 6.45) is 8.01. The minimum absolute atomic E-state index is 0.0610. The highest BCUT2D eigenvalue weighted by molar-refractivity contribution is 5.68. The zero-order chi connectivity index (χ0) is 13.5. The Labute approximate surface area is 113 Å². The first-order valence-corrected chi connectivity index (χ1v) is 6.84.